The molecule has 2 atom stereocenters. The second-order valence-corrected chi connectivity index (χ2v) is 15.2. The maximum atomic E-state index is 10.5. The van der Waals surface area contributed by atoms with Gasteiger partial charge in [-0.05, 0) is 25.7 Å². The number of thiophene rings is 1. The van der Waals surface area contributed by atoms with Crippen LogP contribution in [0.1, 0.15) is 42.4 Å². The zero-order chi connectivity index (χ0) is 28.5. The summed E-state index contributed by atoms with van der Waals surface area (Å²) in [5.74, 6) is 2.25. The maximum Gasteiger partial charge on any atom is 0.320 e. The Hall–Kier alpha value is -2.81. The van der Waals surface area contributed by atoms with E-state index in [9.17, 15) is 10.5 Å². The number of nitrogens with one attached hydrogen (secondary N) is 1. The highest BCUT2D eigenvalue weighted by Crippen LogP contribution is 2.56. The molecule has 8 rings (SSSR count). The van der Waals surface area contributed by atoms with E-state index >= 15 is 0 Å². The zero-order valence-corrected chi connectivity index (χ0v) is 25.2. The molecule has 42 heavy (non-hydrogen) atoms. The van der Waals surface area contributed by atoms with Crippen molar-refractivity contribution in [3.63, 3.8) is 0 Å². The van der Waals surface area contributed by atoms with Crippen molar-refractivity contribution in [1.29, 1.82) is 10.5 Å². The van der Waals surface area contributed by atoms with Gasteiger partial charge in [0.15, 0.2) is 11.6 Å². The predicted octanol–water partition coefficient (Wildman–Crippen LogP) is 2.16. The lowest BCUT2D eigenvalue weighted by Gasteiger charge is -2.49. The number of nitrogen functional groups attached to an aromatic ring is 1. The first-order valence-corrected chi connectivity index (χ1v) is 16.7. The summed E-state index contributed by atoms with van der Waals surface area (Å²) in [5.41, 5.74) is 8.42. The van der Waals surface area contributed by atoms with Crippen molar-refractivity contribution in [2.45, 2.75) is 47.4 Å². The zero-order valence-electron chi connectivity index (χ0n) is 23.6. The van der Waals surface area contributed by atoms with Crippen LogP contribution >= 0.6 is 23.1 Å². The van der Waals surface area contributed by atoms with E-state index in [4.69, 9.17) is 25.2 Å². The Kier molecular flexibility index (Phi) is 6.47. The third kappa shape index (κ3) is 4.49. The molecule has 2 aromatic rings. The number of aromatic nitrogens is 2. The summed E-state index contributed by atoms with van der Waals surface area (Å²) < 4.78 is 13.1. The van der Waals surface area contributed by atoms with Crippen LogP contribution in [0.3, 0.4) is 0 Å². The molecule has 1 spiro atoms. The molecule has 13 heteroatoms. The van der Waals surface area contributed by atoms with Crippen LogP contribution in [-0.2, 0) is 10.2 Å². The van der Waals surface area contributed by atoms with Crippen LogP contribution in [0.25, 0.3) is 0 Å². The quantitative estimate of drug-likeness (QED) is 0.478. The standard InChI is InChI=1S/C29H35N9O2S2/c30-9-20-22-26(42-23(20)32)41-17-29(22)14-38(15-29)25-21(10-31)24(37-11-18-1-2-19(12-37)33-18)34-27(35-25)40-16-28(3-4-28)13-36-5-7-39-8-6-36/h18-19,33H,1-8,11-17,32H2/t18-,19+. The van der Waals surface area contributed by atoms with Crippen LogP contribution in [-0.4, -0.2) is 98.3 Å². The number of piperazine rings is 1. The highest BCUT2D eigenvalue weighted by Gasteiger charge is 2.53. The molecule has 5 aliphatic heterocycles. The summed E-state index contributed by atoms with van der Waals surface area (Å²) in [4.78, 5) is 16.8. The van der Waals surface area contributed by atoms with E-state index in [2.05, 4.69) is 32.2 Å². The fourth-order valence-corrected chi connectivity index (χ4v) is 10.2. The third-order valence-corrected chi connectivity index (χ3v) is 12.5. The van der Waals surface area contributed by atoms with Gasteiger partial charge in [-0.25, -0.2) is 0 Å². The number of nitriles is 2. The van der Waals surface area contributed by atoms with E-state index in [-0.39, 0.29) is 10.8 Å². The van der Waals surface area contributed by atoms with Gasteiger partial charge in [0.1, 0.15) is 22.7 Å². The van der Waals surface area contributed by atoms with Crippen molar-refractivity contribution in [2.75, 3.05) is 86.9 Å². The average Bonchev–Trinajstić information content (AvgIpc) is 3.35. The van der Waals surface area contributed by atoms with Crippen molar-refractivity contribution >= 4 is 39.7 Å². The molecular weight excluding hydrogens is 571 g/mol. The highest BCUT2D eigenvalue weighted by molar-refractivity contribution is 8.01. The summed E-state index contributed by atoms with van der Waals surface area (Å²) >= 11 is 3.31. The van der Waals surface area contributed by atoms with Crippen LogP contribution in [0.2, 0.25) is 0 Å². The maximum absolute atomic E-state index is 10.5. The van der Waals surface area contributed by atoms with Gasteiger partial charge in [0, 0.05) is 80.0 Å². The summed E-state index contributed by atoms with van der Waals surface area (Å²) in [5, 5.41) is 24.6. The smallest absolute Gasteiger partial charge is 0.320 e. The summed E-state index contributed by atoms with van der Waals surface area (Å²) in [6.45, 7) is 8.13. The monoisotopic (exact) mass is 605 g/mol. The molecule has 220 valence electrons. The van der Waals surface area contributed by atoms with Crippen molar-refractivity contribution in [3.8, 4) is 18.1 Å². The fourth-order valence-electron chi connectivity index (χ4n) is 7.47. The SMILES string of the molecule is N#Cc1c(N2C[C@H]3CC[C@@H](C2)N3)nc(OCC2(CN3CCOCC3)CC2)nc1N1CC2(CSc3sc(N)c(C#N)c32)C1. The number of ether oxygens (including phenoxy) is 2. The number of nitrogens with two attached hydrogens (primary N) is 1. The van der Waals surface area contributed by atoms with E-state index in [0.29, 0.717) is 65.6 Å². The molecule has 0 unspecified atom stereocenters. The van der Waals surface area contributed by atoms with Crippen molar-refractivity contribution in [3.05, 3.63) is 16.7 Å². The van der Waals surface area contributed by atoms with Crippen molar-refractivity contribution < 1.29 is 9.47 Å². The minimum atomic E-state index is -0.150. The molecule has 0 amide bonds. The van der Waals surface area contributed by atoms with E-state index in [1.807, 2.05) is 0 Å². The van der Waals surface area contributed by atoms with Gasteiger partial charge in [-0.2, -0.15) is 20.5 Å². The molecule has 1 aliphatic carbocycles. The lowest BCUT2D eigenvalue weighted by atomic mass is 9.75. The van der Waals surface area contributed by atoms with Crippen LogP contribution in [0.5, 0.6) is 6.01 Å². The van der Waals surface area contributed by atoms with Crippen molar-refractivity contribution in [2.24, 2.45) is 5.41 Å². The van der Waals surface area contributed by atoms with Crippen molar-refractivity contribution in [1.82, 2.24) is 20.2 Å². The number of hydrogen-bond donors (Lipinski definition) is 2. The minimum Gasteiger partial charge on any atom is -0.463 e. The van der Waals surface area contributed by atoms with Gasteiger partial charge >= 0.3 is 6.01 Å². The number of rotatable bonds is 7. The van der Waals surface area contributed by atoms with Crippen LogP contribution in [0, 0.1) is 28.1 Å². The molecular formula is C29H35N9O2S2. The van der Waals surface area contributed by atoms with Gasteiger partial charge in [-0.15, -0.1) is 23.1 Å². The molecule has 0 radical (unpaired) electrons. The number of fused-ring (bicyclic) bond motifs is 4. The lowest BCUT2D eigenvalue weighted by Crippen LogP contribution is -2.60. The van der Waals surface area contributed by atoms with Gasteiger partial charge < -0.3 is 30.3 Å². The minimum absolute atomic E-state index is 0.133. The number of nitrogens with zero attached hydrogens (tertiary/aromatic N) is 7. The van der Waals surface area contributed by atoms with Crippen LogP contribution in [0.4, 0.5) is 16.6 Å². The topological polar surface area (TPSA) is 140 Å². The number of anilines is 3. The Morgan fingerprint density at radius 3 is 2.38 bits per heavy atom. The summed E-state index contributed by atoms with van der Waals surface area (Å²) in [6.07, 6.45) is 4.57. The molecule has 3 N–H and O–H groups in total. The van der Waals surface area contributed by atoms with E-state index in [1.54, 1.807) is 11.8 Å². The highest BCUT2D eigenvalue weighted by atomic mass is 32.2. The lowest BCUT2D eigenvalue weighted by molar-refractivity contribution is 0.0231. The molecule has 4 saturated heterocycles. The van der Waals surface area contributed by atoms with Gasteiger partial charge in [0.2, 0.25) is 0 Å². The van der Waals surface area contributed by atoms with Crippen LogP contribution < -0.4 is 25.6 Å². The molecule has 0 aromatic carbocycles. The fraction of sp³-hybridized carbons (Fsp3) is 0.655. The number of morpholine rings is 1. The van der Waals surface area contributed by atoms with E-state index in [1.165, 1.54) is 11.3 Å². The first-order chi connectivity index (χ1) is 20.5. The first-order valence-electron chi connectivity index (χ1n) is 14.9. The Morgan fingerprint density at radius 1 is 1.02 bits per heavy atom. The normalized spacial score (nSPS) is 26.9. The molecule has 1 saturated carbocycles. The molecule has 2 aromatic heterocycles. The van der Waals surface area contributed by atoms with Gasteiger partial charge in [0.05, 0.1) is 29.6 Å². The van der Waals surface area contributed by atoms with Gasteiger partial charge in [-0.1, -0.05) is 0 Å². The van der Waals surface area contributed by atoms with E-state index < -0.39 is 0 Å². The molecule has 5 fully saturated rings. The Bertz CT molecular complexity index is 1470. The Labute approximate surface area is 254 Å². The average molecular weight is 606 g/mol. The van der Waals surface area contributed by atoms with Gasteiger partial charge in [-0.3, -0.25) is 4.90 Å². The summed E-state index contributed by atoms with van der Waals surface area (Å²) in [7, 11) is 0. The second kappa shape index (κ2) is 10.1. The molecule has 6 aliphatic rings. The molecule has 2 bridgehead atoms. The Morgan fingerprint density at radius 2 is 1.71 bits per heavy atom. The largest absolute Gasteiger partial charge is 0.463 e. The van der Waals surface area contributed by atoms with Gasteiger partial charge in [0.25, 0.3) is 0 Å². The predicted molar refractivity (Wildman–Crippen MR) is 161 cm³/mol. The Balaban J connectivity index is 1.09. The van der Waals surface area contributed by atoms with Crippen LogP contribution in [0.15, 0.2) is 4.21 Å². The first kappa shape index (κ1) is 26.8. The summed E-state index contributed by atoms with van der Waals surface area (Å²) in [6, 6.07) is 6.01. The third-order valence-electron chi connectivity index (χ3n) is 9.92. The van der Waals surface area contributed by atoms with E-state index in [0.717, 1.165) is 87.1 Å². The molecule has 11 nitrogen and oxygen atoms in total. The number of thioether (sulfide) groups is 1. The second-order valence-electron chi connectivity index (χ2n) is 12.9. The molecule has 7 heterocycles. The number of hydrogen-bond acceptors (Lipinski definition) is 13.